The molecule has 0 N–H and O–H groups in total. The van der Waals surface area contributed by atoms with Crippen LogP contribution < -0.4 is 0 Å². The summed E-state index contributed by atoms with van der Waals surface area (Å²) in [7, 11) is 0. The van der Waals surface area contributed by atoms with Crippen molar-refractivity contribution < 1.29 is 4.79 Å². The summed E-state index contributed by atoms with van der Waals surface area (Å²) in [6, 6.07) is 0.572. The van der Waals surface area contributed by atoms with E-state index in [0.29, 0.717) is 28.2 Å². The van der Waals surface area contributed by atoms with Gasteiger partial charge in [0.25, 0.3) is 0 Å². The van der Waals surface area contributed by atoms with Crippen molar-refractivity contribution in [3.05, 3.63) is 12.2 Å². The molecule has 7 fully saturated rings. The van der Waals surface area contributed by atoms with Crippen molar-refractivity contribution in [1.29, 1.82) is 0 Å². The molecule has 8 atom stereocenters. The highest BCUT2D eigenvalue weighted by atomic mass is 16.2. The lowest BCUT2D eigenvalue weighted by molar-refractivity contribution is -0.172. The van der Waals surface area contributed by atoms with Gasteiger partial charge in [0.15, 0.2) is 0 Å². The first-order valence-corrected chi connectivity index (χ1v) is 10.4. The number of fused-ring (bicyclic) bond motifs is 2. The molecule has 0 radical (unpaired) electrons. The molecule has 5 unspecified atom stereocenters. The monoisotopic (exact) mass is 325 g/mol. The van der Waals surface area contributed by atoms with Gasteiger partial charge in [-0.2, -0.15) is 0 Å². The maximum Gasteiger partial charge on any atom is 0.219 e. The first-order chi connectivity index (χ1) is 11.4. The summed E-state index contributed by atoms with van der Waals surface area (Å²) in [4.78, 5) is 15.0. The Hall–Kier alpha value is -0.790. The number of likely N-dealkylation sites (tertiary alicyclic amines) is 1. The summed E-state index contributed by atoms with van der Waals surface area (Å²) in [5.41, 5.74) is 2.94. The Bertz CT molecular complexity index is 669. The number of carbonyl (C=O) groups is 1. The van der Waals surface area contributed by atoms with Crippen molar-refractivity contribution in [2.45, 2.75) is 71.3 Å². The maximum atomic E-state index is 12.7. The van der Waals surface area contributed by atoms with E-state index in [2.05, 4.69) is 18.4 Å². The normalized spacial score (nSPS) is 59.7. The summed E-state index contributed by atoms with van der Waals surface area (Å²) < 4.78 is 0. The Labute approximate surface area is 146 Å². The molecular weight excluding hydrogens is 294 g/mol. The van der Waals surface area contributed by atoms with Crippen molar-refractivity contribution in [2.24, 2.45) is 39.9 Å². The first kappa shape index (κ1) is 14.4. The molecule has 2 nitrogen and oxygen atoms in total. The lowest BCUT2D eigenvalue weighted by Gasteiger charge is -2.66. The topological polar surface area (TPSA) is 20.3 Å². The van der Waals surface area contributed by atoms with Gasteiger partial charge in [0.1, 0.15) is 0 Å². The van der Waals surface area contributed by atoms with Gasteiger partial charge in [0.2, 0.25) is 5.91 Å². The molecule has 7 rings (SSSR count). The van der Waals surface area contributed by atoms with Crippen molar-refractivity contribution in [3.8, 4) is 0 Å². The van der Waals surface area contributed by atoms with Gasteiger partial charge in [0, 0.05) is 19.5 Å². The van der Waals surface area contributed by atoms with Crippen LogP contribution in [0.4, 0.5) is 0 Å². The Morgan fingerprint density at radius 3 is 2.79 bits per heavy atom. The second kappa shape index (κ2) is 3.96. The van der Waals surface area contributed by atoms with Crippen molar-refractivity contribution in [1.82, 2.24) is 4.90 Å². The number of hydrogen-bond acceptors (Lipinski definition) is 1. The molecule has 0 aromatic heterocycles. The van der Waals surface area contributed by atoms with Crippen LogP contribution in [0.15, 0.2) is 12.2 Å². The van der Waals surface area contributed by atoms with Crippen LogP contribution in [-0.4, -0.2) is 23.4 Å². The number of amides is 1. The lowest BCUT2D eigenvalue weighted by atomic mass is 9.40. The predicted molar refractivity (Wildman–Crippen MR) is 94.2 cm³/mol. The summed E-state index contributed by atoms with van der Waals surface area (Å²) in [6.45, 7) is 9.90. The van der Waals surface area contributed by atoms with Crippen molar-refractivity contribution in [2.75, 3.05) is 6.54 Å². The molecule has 130 valence electrons. The smallest absolute Gasteiger partial charge is 0.219 e. The molecule has 7 bridgehead atoms. The Morgan fingerprint density at radius 1 is 1.21 bits per heavy atom. The molecule has 1 amide bonds. The molecule has 2 heteroatoms. The van der Waals surface area contributed by atoms with Gasteiger partial charge in [-0.3, -0.25) is 4.79 Å². The molecule has 7 aliphatic rings. The highest BCUT2D eigenvalue weighted by Crippen LogP contribution is 2.83. The average molecular weight is 325 g/mol. The van der Waals surface area contributed by atoms with Crippen LogP contribution in [-0.2, 0) is 4.79 Å². The third-order valence-electron chi connectivity index (χ3n) is 10.2. The number of piperidine rings is 1. The summed E-state index contributed by atoms with van der Waals surface area (Å²) in [5.74, 6) is 3.71. The molecule has 1 saturated heterocycles. The van der Waals surface area contributed by atoms with Crippen molar-refractivity contribution in [3.63, 3.8) is 0 Å². The fourth-order valence-electron chi connectivity index (χ4n) is 9.81. The van der Waals surface area contributed by atoms with E-state index in [-0.39, 0.29) is 0 Å². The Balaban J connectivity index is 1.58. The molecule has 1 aliphatic heterocycles. The number of nitrogens with zero attached hydrogens (tertiary/aromatic N) is 1. The van der Waals surface area contributed by atoms with Gasteiger partial charge in [-0.25, -0.2) is 0 Å². The highest BCUT2D eigenvalue weighted by molar-refractivity contribution is 5.74. The maximum absolute atomic E-state index is 12.7. The van der Waals surface area contributed by atoms with Crippen LogP contribution in [0.25, 0.3) is 0 Å². The standard InChI is InChI=1S/C22H31NO/c1-13-11-21-8-5-15(13)9-18(21)22-7-4-6-20(3)12-23(14(2)24)19(22)16(21)10-17(20)22/h15-19H,1,4-12H2,2-3H3/t15?,16-,17-,18?,19?,20?,21+,22?/m1/s1. The number of carbonyl (C=O) groups excluding carboxylic acids is 1. The summed E-state index contributed by atoms with van der Waals surface area (Å²) in [6.07, 6.45) is 11.1. The van der Waals surface area contributed by atoms with E-state index < -0.39 is 0 Å². The van der Waals surface area contributed by atoms with E-state index in [1.54, 1.807) is 5.57 Å². The van der Waals surface area contributed by atoms with E-state index in [0.717, 1.165) is 30.2 Å². The zero-order valence-electron chi connectivity index (χ0n) is 15.3. The SMILES string of the molecule is C=C1C[C@]23CCC1CC2C12CCCC4(C)CN(C(C)=O)C1[C@H]3C[C@H]42. The average Bonchev–Trinajstić information content (AvgIpc) is 2.93. The lowest BCUT2D eigenvalue weighted by Crippen LogP contribution is -2.64. The summed E-state index contributed by atoms with van der Waals surface area (Å²) in [5, 5.41) is 0. The minimum absolute atomic E-state index is 0.353. The molecule has 6 aliphatic carbocycles. The van der Waals surface area contributed by atoms with Gasteiger partial charge in [-0.05, 0) is 84.9 Å². The second-order valence-electron chi connectivity index (χ2n) is 10.7. The minimum atomic E-state index is 0.353. The van der Waals surface area contributed by atoms with Gasteiger partial charge in [0.05, 0.1) is 0 Å². The van der Waals surface area contributed by atoms with Gasteiger partial charge in [-0.15, -0.1) is 0 Å². The Morgan fingerprint density at radius 2 is 2.04 bits per heavy atom. The Kier molecular flexibility index (Phi) is 2.38. The van der Waals surface area contributed by atoms with Gasteiger partial charge >= 0.3 is 0 Å². The van der Waals surface area contributed by atoms with E-state index in [9.17, 15) is 4.79 Å². The van der Waals surface area contributed by atoms with Crippen molar-refractivity contribution >= 4 is 5.91 Å². The van der Waals surface area contributed by atoms with Gasteiger partial charge < -0.3 is 4.90 Å². The van der Waals surface area contributed by atoms with E-state index >= 15 is 0 Å². The summed E-state index contributed by atoms with van der Waals surface area (Å²) >= 11 is 0. The van der Waals surface area contributed by atoms with Crippen LogP contribution in [0.2, 0.25) is 0 Å². The van der Waals surface area contributed by atoms with E-state index in [1.165, 1.54) is 51.4 Å². The van der Waals surface area contributed by atoms with Crippen LogP contribution in [0, 0.1) is 39.9 Å². The number of rotatable bonds is 0. The fourth-order valence-corrected chi connectivity index (χ4v) is 9.81. The molecule has 6 saturated carbocycles. The minimum Gasteiger partial charge on any atom is -0.339 e. The molecule has 1 heterocycles. The van der Waals surface area contributed by atoms with Crippen LogP contribution in [0.3, 0.4) is 0 Å². The molecule has 2 spiro atoms. The molecule has 0 aromatic rings. The van der Waals surface area contributed by atoms with Gasteiger partial charge in [-0.1, -0.05) is 25.5 Å². The molecule has 0 aromatic carbocycles. The fraction of sp³-hybridized carbons (Fsp3) is 0.864. The van der Waals surface area contributed by atoms with E-state index in [4.69, 9.17) is 0 Å². The third kappa shape index (κ3) is 1.25. The number of allylic oxidation sites excluding steroid dienone is 1. The zero-order chi connectivity index (χ0) is 16.5. The van der Waals surface area contributed by atoms with E-state index in [1.807, 2.05) is 6.92 Å². The quantitative estimate of drug-likeness (QED) is 0.604. The van der Waals surface area contributed by atoms with Crippen LogP contribution >= 0.6 is 0 Å². The van der Waals surface area contributed by atoms with Crippen LogP contribution in [0.1, 0.15) is 65.2 Å². The first-order valence-electron chi connectivity index (χ1n) is 10.4. The predicted octanol–water partition coefficient (Wildman–Crippen LogP) is 4.41. The second-order valence-corrected chi connectivity index (χ2v) is 10.7. The zero-order valence-corrected chi connectivity index (χ0v) is 15.3. The molecular formula is C22H31NO. The largest absolute Gasteiger partial charge is 0.339 e. The van der Waals surface area contributed by atoms with Crippen LogP contribution in [0.5, 0.6) is 0 Å². The highest BCUT2D eigenvalue weighted by Gasteiger charge is 2.81. The third-order valence-corrected chi connectivity index (χ3v) is 10.2. The number of hydrogen-bond donors (Lipinski definition) is 0. The molecule has 24 heavy (non-hydrogen) atoms.